The fraction of sp³-hybridized carbons (Fsp3) is 0.429. The Morgan fingerprint density at radius 1 is 1.16 bits per heavy atom. The largest absolute Gasteiger partial charge is 0.269 e. The molecule has 0 aromatic carbocycles. The molecule has 1 saturated carbocycles. The number of nitrogens with zero attached hydrogens (tertiary/aromatic N) is 3. The first kappa shape index (κ1) is 11.8. The maximum absolute atomic E-state index is 12.4. The van der Waals surface area contributed by atoms with Gasteiger partial charge in [0.2, 0.25) is 0 Å². The lowest BCUT2D eigenvalue weighted by Crippen LogP contribution is -2.52. The molecule has 2 heterocycles. The van der Waals surface area contributed by atoms with Gasteiger partial charge in [-0.15, -0.1) is 0 Å². The Balaban J connectivity index is 2.06. The Morgan fingerprint density at radius 3 is 2.47 bits per heavy atom. The van der Waals surface area contributed by atoms with Gasteiger partial charge in [-0.3, -0.25) is 19.5 Å². The first-order chi connectivity index (χ1) is 9.19. The van der Waals surface area contributed by atoms with Crippen molar-refractivity contribution in [3.05, 3.63) is 29.6 Å². The van der Waals surface area contributed by atoms with Crippen LogP contribution in [0.25, 0.3) is 0 Å². The first-order valence-corrected chi connectivity index (χ1v) is 6.44. The number of amides is 2. The summed E-state index contributed by atoms with van der Waals surface area (Å²) in [5.41, 5.74) is -0.293. The average Bonchev–Trinajstić information content (AvgIpc) is 2.73. The Hall–Kier alpha value is -2.22. The van der Waals surface area contributed by atoms with Gasteiger partial charge < -0.3 is 0 Å². The summed E-state index contributed by atoms with van der Waals surface area (Å²) < 4.78 is 0. The van der Waals surface area contributed by atoms with E-state index >= 15 is 0 Å². The highest BCUT2D eigenvalue weighted by Gasteiger charge is 2.49. The third-order valence-corrected chi connectivity index (χ3v) is 4.00. The Labute approximate surface area is 110 Å². The zero-order valence-corrected chi connectivity index (χ0v) is 10.4. The van der Waals surface area contributed by atoms with Gasteiger partial charge in [-0.2, -0.15) is 5.26 Å². The Kier molecular flexibility index (Phi) is 2.59. The van der Waals surface area contributed by atoms with Crippen LogP contribution in [0, 0.1) is 11.3 Å². The molecule has 1 aliphatic carbocycles. The van der Waals surface area contributed by atoms with Crippen molar-refractivity contribution in [3.63, 3.8) is 0 Å². The van der Waals surface area contributed by atoms with E-state index in [1.54, 1.807) is 6.07 Å². The van der Waals surface area contributed by atoms with Crippen LogP contribution in [-0.4, -0.2) is 27.2 Å². The van der Waals surface area contributed by atoms with Crippen LogP contribution in [0.1, 0.15) is 52.8 Å². The topological polar surface area (TPSA) is 74.1 Å². The zero-order chi connectivity index (χ0) is 13.5. The van der Waals surface area contributed by atoms with Crippen LogP contribution in [0.5, 0.6) is 0 Å². The van der Waals surface area contributed by atoms with Crippen molar-refractivity contribution in [2.75, 3.05) is 0 Å². The molecule has 2 amide bonds. The van der Waals surface area contributed by atoms with E-state index in [1.807, 2.05) is 0 Å². The molecule has 2 aliphatic rings. The van der Waals surface area contributed by atoms with E-state index in [0.717, 1.165) is 19.3 Å². The van der Waals surface area contributed by atoms with E-state index in [2.05, 4.69) is 11.1 Å². The van der Waals surface area contributed by atoms with Crippen molar-refractivity contribution in [1.29, 1.82) is 5.26 Å². The highest BCUT2D eigenvalue weighted by atomic mass is 16.2. The summed E-state index contributed by atoms with van der Waals surface area (Å²) in [6, 6.07) is 3.76. The van der Waals surface area contributed by atoms with Crippen LogP contribution in [0.2, 0.25) is 0 Å². The summed E-state index contributed by atoms with van der Waals surface area (Å²) in [4.78, 5) is 29.8. The van der Waals surface area contributed by atoms with Crippen molar-refractivity contribution < 1.29 is 9.59 Å². The van der Waals surface area contributed by atoms with E-state index in [9.17, 15) is 14.9 Å². The van der Waals surface area contributed by atoms with Crippen LogP contribution in [-0.2, 0) is 0 Å². The molecular formula is C14H13N3O2. The van der Waals surface area contributed by atoms with Crippen molar-refractivity contribution in [1.82, 2.24) is 9.88 Å². The smallest absolute Gasteiger partial charge is 0.264 e. The van der Waals surface area contributed by atoms with Crippen molar-refractivity contribution >= 4 is 11.8 Å². The standard InChI is InChI=1S/C14H13N3O2/c15-9-14(5-2-1-3-6-14)17-12(18)10-4-7-16-8-11(10)13(17)19/h4,7-8H,1-3,5-6H2. The molecule has 0 spiro atoms. The number of aromatic nitrogens is 1. The van der Waals surface area contributed by atoms with E-state index in [-0.39, 0.29) is 11.8 Å². The van der Waals surface area contributed by atoms with Crippen LogP contribution in [0.4, 0.5) is 0 Å². The SMILES string of the molecule is N#CC1(N2C(=O)c3ccncc3C2=O)CCCCC1. The van der Waals surface area contributed by atoms with Gasteiger partial charge in [0, 0.05) is 12.4 Å². The number of nitriles is 1. The summed E-state index contributed by atoms with van der Waals surface area (Å²) in [5, 5.41) is 9.50. The van der Waals surface area contributed by atoms with Crippen LogP contribution in [0.15, 0.2) is 18.5 Å². The number of hydrogen-bond donors (Lipinski definition) is 0. The lowest BCUT2D eigenvalue weighted by molar-refractivity contribution is 0.0448. The van der Waals surface area contributed by atoms with Crippen LogP contribution >= 0.6 is 0 Å². The number of carbonyl (C=O) groups is 2. The van der Waals surface area contributed by atoms with Gasteiger partial charge in [0.15, 0.2) is 0 Å². The number of hydrogen-bond acceptors (Lipinski definition) is 4. The molecule has 0 radical (unpaired) electrons. The van der Waals surface area contributed by atoms with Crippen LogP contribution < -0.4 is 0 Å². The molecule has 1 aromatic rings. The predicted molar refractivity (Wildman–Crippen MR) is 66.2 cm³/mol. The third-order valence-electron chi connectivity index (χ3n) is 4.00. The van der Waals surface area contributed by atoms with Gasteiger partial charge in [0.1, 0.15) is 5.54 Å². The second-order valence-corrected chi connectivity index (χ2v) is 5.07. The van der Waals surface area contributed by atoms with E-state index in [1.165, 1.54) is 17.3 Å². The van der Waals surface area contributed by atoms with E-state index in [0.29, 0.717) is 24.0 Å². The molecule has 1 fully saturated rings. The summed E-state index contributed by atoms with van der Waals surface area (Å²) in [5.74, 6) is -0.734. The maximum atomic E-state index is 12.4. The summed E-state index contributed by atoms with van der Waals surface area (Å²) in [6.07, 6.45) is 6.84. The lowest BCUT2D eigenvalue weighted by atomic mass is 9.81. The minimum absolute atomic E-state index is 0.313. The molecule has 5 heteroatoms. The van der Waals surface area contributed by atoms with Gasteiger partial charge in [-0.25, -0.2) is 0 Å². The van der Waals surface area contributed by atoms with Gasteiger partial charge >= 0.3 is 0 Å². The molecule has 0 bridgehead atoms. The fourth-order valence-electron chi connectivity index (χ4n) is 3.00. The molecular weight excluding hydrogens is 242 g/mol. The maximum Gasteiger partial charge on any atom is 0.264 e. The molecule has 0 N–H and O–H groups in total. The molecule has 1 aliphatic heterocycles. The first-order valence-electron chi connectivity index (χ1n) is 6.44. The molecule has 0 saturated heterocycles. The van der Waals surface area contributed by atoms with E-state index < -0.39 is 5.54 Å². The summed E-state index contributed by atoms with van der Waals surface area (Å²) in [7, 11) is 0. The lowest BCUT2D eigenvalue weighted by Gasteiger charge is -2.37. The molecule has 0 unspecified atom stereocenters. The van der Waals surface area contributed by atoms with Gasteiger partial charge in [0.05, 0.1) is 17.2 Å². The van der Waals surface area contributed by atoms with Crippen molar-refractivity contribution in [2.45, 2.75) is 37.6 Å². The molecule has 96 valence electrons. The molecule has 19 heavy (non-hydrogen) atoms. The quantitative estimate of drug-likeness (QED) is 0.718. The average molecular weight is 255 g/mol. The summed E-state index contributed by atoms with van der Waals surface area (Å²) in [6.45, 7) is 0. The second kappa shape index (κ2) is 4.16. The third kappa shape index (κ3) is 1.56. The number of rotatable bonds is 1. The fourth-order valence-corrected chi connectivity index (χ4v) is 3.00. The van der Waals surface area contributed by atoms with Gasteiger partial charge in [-0.1, -0.05) is 19.3 Å². The zero-order valence-electron chi connectivity index (χ0n) is 10.4. The van der Waals surface area contributed by atoms with Gasteiger partial charge in [0.25, 0.3) is 11.8 Å². The number of pyridine rings is 1. The van der Waals surface area contributed by atoms with Crippen molar-refractivity contribution in [2.24, 2.45) is 0 Å². The van der Waals surface area contributed by atoms with E-state index in [4.69, 9.17) is 0 Å². The van der Waals surface area contributed by atoms with Gasteiger partial charge in [-0.05, 0) is 18.9 Å². The Bertz CT molecular complexity index is 562. The normalized spacial score (nSPS) is 21.1. The molecule has 1 aromatic heterocycles. The predicted octanol–water partition coefficient (Wildman–Crippen LogP) is 1.90. The highest BCUT2D eigenvalue weighted by molar-refractivity contribution is 6.21. The number of fused-ring (bicyclic) bond motifs is 1. The minimum atomic E-state index is -0.967. The number of imide groups is 1. The molecule has 0 atom stereocenters. The van der Waals surface area contributed by atoms with Crippen LogP contribution in [0.3, 0.4) is 0 Å². The number of carbonyl (C=O) groups excluding carboxylic acids is 2. The monoisotopic (exact) mass is 255 g/mol. The highest BCUT2D eigenvalue weighted by Crippen LogP contribution is 2.38. The minimum Gasteiger partial charge on any atom is -0.269 e. The summed E-state index contributed by atoms with van der Waals surface area (Å²) >= 11 is 0. The molecule has 3 rings (SSSR count). The van der Waals surface area contributed by atoms with Crippen molar-refractivity contribution in [3.8, 4) is 6.07 Å². The second-order valence-electron chi connectivity index (χ2n) is 5.07. The molecule has 5 nitrogen and oxygen atoms in total. The Morgan fingerprint density at radius 2 is 1.84 bits per heavy atom.